The highest BCUT2D eigenvalue weighted by Gasteiger charge is 2.31. The van der Waals surface area contributed by atoms with Gasteiger partial charge in [-0.2, -0.15) is 0 Å². The predicted octanol–water partition coefficient (Wildman–Crippen LogP) is 4.10. The van der Waals surface area contributed by atoms with E-state index in [1.807, 2.05) is 61.6 Å². The zero-order valence-electron chi connectivity index (χ0n) is 16.6. The summed E-state index contributed by atoms with van der Waals surface area (Å²) >= 11 is 0. The highest BCUT2D eigenvalue weighted by molar-refractivity contribution is 5.92. The third kappa shape index (κ3) is 5.12. The molecule has 0 unspecified atom stereocenters. The van der Waals surface area contributed by atoms with E-state index in [4.69, 9.17) is 4.74 Å². The lowest BCUT2D eigenvalue weighted by molar-refractivity contribution is -0.137. The van der Waals surface area contributed by atoms with Crippen LogP contribution in [0.2, 0.25) is 0 Å². The van der Waals surface area contributed by atoms with Crippen molar-refractivity contribution in [1.29, 1.82) is 0 Å². The first kappa shape index (κ1) is 19.9. The van der Waals surface area contributed by atoms with Crippen LogP contribution in [0, 0.1) is 11.8 Å². The Bertz CT molecular complexity index is 781. The van der Waals surface area contributed by atoms with E-state index >= 15 is 0 Å². The summed E-state index contributed by atoms with van der Waals surface area (Å²) in [6.45, 7) is 0.623. The minimum Gasteiger partial charge on any atom is -0.497 e. The summed E-state index contributed by atoms with van der Waals surface area (Å²) < 4.78 is 5.13. The van der Waals surface area contributed by atoms with Gasteiger partial charge < -0.3 is 15.0 Å². The first-order valence-electron chi connectivity index (χ1n) is 9.80. The monoisotopic (exact) mass is 380 g/mol. The van der Waals surface area contributed by atoms with Gasteiger partial charge in [-0.3, -0.25) is 9.59 Å². The van der Waals surface area contributed by atoms with Crippen molar-refractivity contribution in [3.8, 4) is 5.75 Å². The van der Waals surface area contributed by atoms with E-state index < -0.39 is 0 Å². The second-order valence-corrected chi connectivity index (χ2v) is 7.45. The van der Waals surface area contributed by atoms with Gasteiger partial charge in [0.15, 0.2) is 0 Å². The van der Waals surface area contributed by atoms with E-state index in [1.165, 1.54) is 0 Å². The van der Waals surface area contributed by atoms with Crippen molar-refractivity contribution in [1.82, 2.24) is 4.90 Å². The first-order chi connectivity index (χ1) is 13.6. The fourth-order valence-electron chi connectivity index (χ4n) is 3.77. The number of nitrogens with one attached hydrogen (secondary N) is 1. The molecule has 0 aliphatic heterocycles. The normalized spacial score (nSPS) is 18.9. The van der Waals surface area contributed by atoms with Gasteiger partial charge in [-0.1, -0.05) is 30.3 Å². The molecule has 1 aliphatic carbocycles. The van der Waals surface area contributed by atoms with Crippen LogP contribution in [0.15, 0.2) is 54.6 Å². The second kappa shape index (κ2) is 9.40. The summed E-state index contributed by atoms with van der Waals surface area (Å²) in [5.74, 6) is 0.951. The Morgan fingerprint density at radius 3 is 2.18 bits per heavy atom. The summed E-state index contributed by atoms with van der Waals surface area (Å²) in [4.78, 5) is 27.1. The van der Waals surface area contributed by atoms with Crippen LogP contribution >= 0.6 is 0 Å². The molecule has 1 fully saturated rings. The molecule has 0 aromatic heterocycles. The zero-order valence-corrected chi connectivity index (χ0v) is 16.6. The van der Waals surface area contributed by atoms with Gasteiger partial charge in [0.25, 0.3) is 0 Å². The van der Waals surface area contributed by atoms with Crippen LogP contribution in [-0.4, -0.2) is 30.9 Å². The van der Waals surface area contributed by atoms with Crippen LogP contribution in [-0.2, 0) is 16.1 Å². The Kier molecular flexibility index (Phi) is 6.69. The number of amides is 2. The molecule has 5 nitrogen and oxygen atoms in total. The molecule has 5 heteroatoms. The topological polar surface area (TPSA) is 58.6 Å². The third-order valence-corrected chi connectivity index (χ3v) is 5.44. The van der Waals surface area contributed by atoms with Crippen LogP contribution in [0.25, 0.3) is 0 Å². The number of benzene rings is 2. The Morgan fingerprint density at radius 1 is 0.964 bits per heavy atom. The fourth-order valence-corrected chi connectivity index (χ4v) is 3.77. The van der Waals surface area contributed by atoms with Crippen molar-refractivity contribution in [3.63, 3.8) is 0 Å². The number of hydrogen-bond donors (Lipinski definition) is 1. The number of ether oxygens (including phenoxy) is 1. The van der Waals surface area contributed by atoms with E-state index in [0.717, 1.165) is 42.7 Å². The Morgan fingerprint density at radius 2 is 1.57 bits per heavy atom. The minimum absolute atomic E-state index is 0.0127. The van der Waals surface area contributed by atoms with Gasteiger partial charge in [0.05, 0.1) is 7.11 Å². The fraction of sp³-hybridized carbons (Fsp3) is 0.391. The van der Waals surface area contributed by atoms with Crippen molar-refractivity contribution in [2.24, 2.45) is 11.8 Å². The molecule has 0 heterocycles. The van der Waals surface area contributed by atoms with E-state index in [0.29, 0.717) is 6.54 Å². The molecule has 2 amide bonds. The molecule has 148 valence electrons. The van der Waals surface area contributed by atoms with Crippen molar-refractivity contribution in [2.75, 3.05) is 19.5 Å². The average Bonchev–Trinajstić information content (AvgIpc) is 2.74. The lowest BCUT2D eigenvalue weighted by Gasteiger charge is -2.30. The Balaban J connectivity index is 1.47. The summed E-state index contributed by atoms with van der Waals surface area (Å²) in [7, 11) is 3.47. The van der Waals surface area contributed by atoms with Crippen molar-refractivity contribution in [3.05, 3.63) is 60.2 Å². The summed E-state index contributed by atoms with van der Waals surface area (Å²) in [5.41, 5.74) is 1.90. The van der Waals surface area contributed by atoms with Gasteiger partial charge in [0.2, 0.25) is 11.8 Å². The molecule has 0 saturated heterocycles. The Labute approximate surface area is 166 Å². The molecule has 1 N–H and O–H groups in total. The number of nitrogens with zero attached hydrogens (tertiary/aromatic N) is 1. The maximum absolute atomic E-state index is 12.7. The number of carbonyl (C=O) groups is 2. The highest BCUT2D eigenvalue weighted by Crippen LogP contribution is 2.31. The van der Waals surface area contributed by atoms with Crippen LogP contribution < -0.4 is 10.1 Å². The molecule has 0 bridgehead atoms. The predicted molar refractivity (Wildman–Crippen MR) is 110 cm³/mol. The summed E-state index contributed by atoms with van der Waals surface area (Å²) in [6, 6.07) is 17.3. The molecule has 2 aromatic rings. The minimum atomic E-state index is -0.0365. The SMILES string of the molecule is COc1ccc(NC(=O)C2CCC(C(=O)N(C)Cc3ccccc3)CC2)cc1. The average molecular weight is 380 g/mol. The molecule has 1 saturated carbocycles. The maximum Gasteiger partial charge on any atom is 0.227 e. The quantitative estimate of drug-likeness (QED) is 0.821. The molecule has 1 aliphatic rings. The Hall–Kier alpha value is -2.82. The van der Waals surface area contributed by atoms with Gasteiger partial charge in [-0.25, -0.2) is 0 Å². The molecule has 28 heavy (non-hydrogen) atoms. The number of anilines is 1. The standard InChI is InChI=1S/C23H28N2O3/c1-25(16-17-6-4-3-5-7-17)23(27)19-10-8-18(9-11-19)22(26)24-20-12-14-21(28-2)15-13-20/h3-7,12-15,18-19H,8-11,16H2,1-2H3,(H,24,26). The lowest BCUT2D eigenvalue weighted by atomic mass is 9.81. The number of methoxy groups -OCH3 is 1. The highest BCUT2D eigenvalue weighted by atomic mass is 16.5. The van der Waals surface area contributed by atoms with Gasteiger partial charge >= 0.3 is 0 Å². The molecule has 0 spiro atoms. The van der Waals surface area contributed by atoms with Gasteiger partial charge in [-0.05, 0) is 55.5 Å². The van der Waals surface area contributed by atoms with Crippen LogP contribution in [0.1, 0.15) is 31.2 Å². The van der Waals surface area contributed by atoms with E-state index in [1.54, 1.807) is 12.0 Å². The van der Waals surface area contributed by atoms with Gasteiger partial charge in [-0.15, -0.1) is 0 Å². The first-order valence-corrected chi connectivity index (χ1v) is 9.80. The van der Waals surface area contributed by atoms with Gasteiger partial charge in [0, 0.05) is 31.1 Å². The smallest absolute Gasteiger partial charge is 0.227 e. The largest absolute Gasteiger partial charge is 0.497 e. The summed E-state index contributed by atoms with van der Waals surface area (Å²) in [5, 5.41) is 2.97. The van der Waals surface area contributed by atoms with Crippen LogP contribution in [0.3, 0.4) is 0 Å². The lowest BCUT2D eigenvalue weighted by Crippen LogP contribution is -2.36. The molecule has 3 rings (SSSR count). The van der Waals surface area contributed by atoms with Crippen molar-refractivity contribution in [2.45, 2.75) is 32.2 Å². The van der Waals surface area contributed by atoms with Crippen molar-refractivity contribution < 1.29 is 14.3 Å². The maximum atomic E-state index is 12.7. The summed E-state index contributed by atoms with van der Waals surface area (Å²) in [6.07, 6.45) is 3.02. The van der Waals surface area contributed by atoms with E-state index in [9.17, 15) is 9.59 Å². The molecular formula is C23H28N2O3. The third-order valence-electron chi connectivity index (χ3n) is 5.44. The molecular weight excluding hydrogens is 352 g/mol. The van der Waals surface area contributed by atoms with E-state index in [2.05, 4.69) is 5.32 Å². The molecule has 2 aromatic carbocycles. The van der Waals surface area contributed by atoms with Crippen LogP contribution in [0.4, 0.5) is 5.69 Å². The number of carbonyl (C=O) groups excluding carboxylic acids is 2. The van der Waals surface area contributed by atoms with Crippen molar-refractivity contribution >= 4 is 17.5 Å². The molecule has 0 radical (unpaired) electrons. The molecule has 0 atom stereocenters. The number of rotatable bonds is 6. The zero-order chi connectivity index (χ0) is 19.9. The van der Waals surface area contributed by atoms with Crippen LogP contribution in [0.5, 0.6) is 5.75 Å². The van der Waals surface area contributed by atoms with Gasteiger partial charge in [0.1, 0.15) is 5.75 Å². The second-order valence-electron chi connectivity index (χ2n) is 7.45. The van der Waals surface area contributed by atoms with E-state index in [-0.39, 0.29) is 23.7 Å². The number of hydrogen-bond acceptors (Lipinski definition) is 3.